The van der Waals surface area contributed by atoms with Gasteiger partial charge in [-0.1, -0.05) is 11.6 Å². The number of halogens is 1. The van der Waals surface area contributed by atoms with Crippen LogP contribution in [0.1, 0.15) is 17.3 Å². The van der Waals surface area contributed by atoms with Crippen LogP contribution in [0.4, 0.5) is 5.69 Å². The van der Waals surface area contributed by atoms with E-state index in [9.17, 15) is 19.2 Å². The number of aromatic carboxylic acids is 1. The Labute approximate surface area is 117 Å². The van der Waals surface area contributed by atoms with Crippen molar-refractivity contribution in [2.45, 2.75) is 6.92 Å². The number of carboxylic acids is 1. The van der Waals surface area contributed by atoms with Gasteiger partial charge in [0.25, 0.3) is 11.6 Å². The van der Waals surface area contributed by atoms with E-state index in [0.717, 1.165) is 5.01 Å². The minimum Gasteiger partial charge on any atom is -0.478 e. The van der Waals surface area contributed by atoms with Gasteiger partial charge in [0.1, 0.15) is 5.71 Å². The molecule has 0 unspecified atom stereocenters. The molecule has 0 spiro atoms. The number of carboxylic acid groups (broad SMARTS) is 1. The normalized spacial score (nSPS) is 15.4. The highest BCUT2D eigenvalue weighted by molar-refractivity contribution is 6.81. The molecule has 8 heteroatoms. The fraction of sp³-hybridized carbons (Fsp3) is 0.0833. The number of carbonyl (C=O) groups is 4. The average molecular weight is 295 g/mol. The molecule has 2 rings (SSSR count). The highest BCUT2D eigenvalue weighted by Gasteiger charge is 2.35. The molecule has 0 bridgehead atoms. The second-order valence-corrected chi connectivity index (χ2v) is 4.34. The van der Waals surface area contributed by atoms with Crippen molar-refractivity contribution in [3.63, 3.8) is 0 Å². The van der Waals surface area contributed by atoms with E-state index < -0.39 is 23.4 Å². The molecule has 0 fully saturated rings. The van der Waals surface area contributed by atoms with Crippen molar-refractivity contribution in [3.8, 4) is 0 Å². The zero-order valence-corrected chi connectivity index (χ0v) is 10.8. The molecule has 1 aromatic carbocycles. The molecule has 1 N–H and O–H groups in total. The SMILES string of the molecule is CC1=NN(c2ccc(C(=O)O)c(Cl)c2)C(=O)C(=O)C1=O. The maximum atomic E-state index is 11.7. The van der Waals surface area contributed by atoms with Crippen molar-refractivity contribution >= 4 is 46.4 Å². The summed E-state index contributed by atoms with van der Waals surface area (Å²) in [5.74, 6) is -4.49. The quantitative estimate of drug-likeness (QED) is 0.816. The average Bonchev–Trinajstić information content (AvgIpc) is 2.40. The summed E-state index contributed by atoms with van der Waals surface area (Å²) >= 11 is 5.77. The Bertz CT molecular complexity index is 695. The molecule has 7 nitrogen and oxygen atoms in total. The van der Waals surface area contributed by atoms with Crippen LogP contribution < -0.4 is 5.01 Å². The van der Waals surface area contributed by atoms with Gasteiger partial charge in [0.05, 0.1) is 16.3 Å². The molecule has 0 saturated heterocycles. The van der Waals surface area contributed by atoms with Crippen LogP contribution in [0.5, 0.6) is 0 Å². The lowest BCUT2D eigenvalue weighted by molar-refractivity contribution is -0.142. The second kappa shape index (κ2) is 4.86. The van der Waals surface area contributed by atoms with Gasteiger partial charge < -0.3 is 5.11 Å². The fourth-order valence-corrected chi connectivity index (χ4v) is 1.84. The van der Waals surface area contributed by atoms with Crippen LogP contribution in [0.3, 0.4) is 0 Å². The number of carbonyl (C=O) groups excluding carboxylic acids is 3. The van der Waals surface area contributed by atoms with Gasteiger partial charge in [0.2, 0.25) is 0 Å². The van der Waals surface area contributed by atoms with Crippen LogP contribution in [-0.4, -0.2) is 34.3 Å². The molecule has 1 amide bonds. The molecule has 0 radical (unpaired) electrons. The predicted octanol–water partition coefficient (Wildman–Crippen LogP) is 0.899. The Morgan fingerprint density at radius 3 is 2.45 bits per heavy atom. The van der Waals surface area contributed by atoms with Crippen molar-refractivity contribution < 1.29 is 24.3 Å². The zero-order chi connectivity index (χ0) is 15.0. The number of hydrazone groups is 1. The van der Waals surface area contributed by atoms with Crippen molar-refractivity contribution in [3.05, 3.63) is 28.8 Å². The number of rotatable bonds is 2. The topological polar surface area (TPSA) is 104 Å². The summed E-state index contributed by atoms with van der Waals surface area (Å²) in [4.78, 5) is 45.3. The van der Waals surface area contributed by atoms with Gasteiger partial charge in [-0.05, 0) is 25.1 Å². The molecular formula is C12H7ClN2O5. The van der Waals surface area contributed by atoms with Gasteiger partial charge >= 0.3 is 11.9 Å². The van der Waals surface area contributed by atoms with Gasteiger partial charge in [-0.25, -0.2) is 4.79 Å². The van der Waals surface area contributed by atoms with Gasteiger partial charge in [0.15, 0.2) is 0 Å². The third-order valence-corrected chi connectivity index (χ3v) is 2.91. The zero-order valence-electron chi connectivity index (χ0n) is 10.1. The standard InChI is InChI=1S/C12H7ClN2O5/c1-5-9(16)10(17)11(18)15(14-5)6-2-3-7(12(19)20)8(13)4-6/h2-4H,1H3,(H,19,20). The highest BCUT2D eigenvalue weighted by atomic mass is 35.5. The maximum absolute atomic E-state index is 11.7. The number of amides is 1. The van der Waals surface area contributed by atoms with Crippen LogP contribution in [0.2, 0.25) is 5.02 Å². The summed E-state index contributed by atoms with van der Waals surface area (Å²) in [5.41, 5.74) is -0.179. The monoisotopic (exact) mass is 294 g/mol. The Morgan fingerprint density at radius 2 is 1.90 bits per heavy atom. The molecule has 0 aromatic heterocycles. The van der Waals surface area contributed by atoms with E-state index >= 15 is 0 Å². The number of ketones is 2. The summed E-state index contributed by atoms with van der Waals surface area (Å²) < 4.78 is 0. The summed E-state index contributed by atoms with van der Waals surface area (Å²) in [7, 11) is 0. The van der Waals surface area contributed by atoms with E-state index in [1.807, 2.05) is 0 Å². The summed E-state index contributed by atoms with van der Waals surface area (Å²) in [6, 6.07) is 3.63. The lowest BCUT2D eigenvalue weighted by atomic mass is 10.1. The van der Waals surface area contributed by atoms with Crippen molar-refractivity contribution in [1.82, 2.24) is 0 Å². The molecule has 0 saturated carbocycles. The van der Waals surface area contributed by atoms with E-state index in [1.54, 1.807) is 0 Å². The Morgan fingerprint density at radius 1 is 1.25 bits per heavy atom. The van der Waals surface area contributed by atoms with E-state index in [4.69, 9.17) is 16.7 Å². The molecule has 20 heavy (non-hydrogen) atoms. The van der Waals surface area contributed by atoms with E-state index in [0.29, 0.717) is 0 Å². The molecule has 102 valence electrons. The van der Waals surface area contributed by atoms with E-state index in [1.165, 1.54) is 25.1 Å². The first-order valence-corrected chi connectivity index (χ1v) is 5.72. The smallest absolute Gasteiger partial charge is 0.337 e. The number of hydrogen-bond acceptors (Lipinski definition) is 5. The molecule has 1 aromatic rings. The lowest BCUT2D eigenvalue weighted by Gasteiger charge is -2.20. The predicted molar refractivity (Wildman–Crippen MR) is 69.0 cm³/mol. The van der Waals surface area contributed by atoms with Crippen molar-refractivity contribution in [2.75, 3.05) is 5.01 Å². The number of benzene rings is 1. The van der Waals surface area contributed by atoms with Gasteiger partial charge in [0, 0.05) is 0 Å². The van der Waals surface area contributed by atoms with Gasteiger partial charge in [-0.3, -0.25) is 14.4 Å². The van der Waals surface area contributed by atoms with Crippen LogP contribution in [-0.2, 0) is 14.4 Å². The Kier molecular flexibility index (Phi) is 3.37. The van der Waals surface area contributed by atoms with Crippen molar-refractivity contribution in [1.29, 1.82) is 0 Å². The van der Waals surface area contributed by atoms with E-state index in [2.05, 4.69) is 5.10 Å². The minimum atomic E-state index is -1.22. The Balaban J connectivity index is 2.49. The van der Waals surface area contributed by atoms with Gasteiger partial charge in [-0.2, -0.15) is 10.1 Å². The lowest BCUT2D eigenvalue weighted by Crippen LogP contribution is -2.44. The summed E-state index contributed by atoms with van der Waals surface area (Å²) in [6.07, 6.45) is 0. The molecule has 1 aliphatic rings. The summed E-state index contributed by atoms with van der Waals surface area (Å²) in [5, 5.41) is 13.2. The largest absolute Gasteiger partial charge is 0.478 e. The number of anilines is 1. The first-order chi connectivity index (χ1) is 9.32. The number of Topliss-reactive ketones (excluding diaryl/α,β-unsaturated/α-hetero) is 2. The van der Waals surface area contributed by atoms with Crippen LogP contribution in [0.15, 0.2) is 23.3 Å². The highest BCUT2D eigenvalue weighted by Crippen LogP contribution is 2.25. The van der Waals surface area contributed by atoms with Crippen LogP contribution in [0.25, 0.3) is 0 Å². The Hall–Kier alpha value is -2.54. The van der Waals surface area contributed by atoms with E-state index in [-0.39, 0.29) is 22.0 Å². The minimum absolute atomic E-state index is 0.102. The number of hydrogen-bond donors (Lipinski definition) is 1. The maximum Gasteiger partial charge on any atom is 0.337 e. The molecule has 1 aliphatic heterocycles. The summed E-state index contributed by atoms with van der Waals surface area (Å²) in [6.45, 7) is 1.30. The molecular weight excluding hydrogens is 288 g/mol. The number of nitrogens with zero attached hydrogens (tertiary/aromatic N) is 2. The van der Waals surface area contributed by atoms with Crippen molar-refractivity contribution in [2.24, 2.45) is 5.10 Å². The van der Waals surface area contributed by atoms with Gasteiger partial charge in [-0.15, -0.1) is 0 Å². The first kappa shape index (κ1) is 13.9. The molecule has 1 heterocycles. The first-order valence-electron chi connectivity index (χ1n) is 5.34. The molecule has 0 aliphatic carbocycles. The molecule has 0 atom stereocenters. The van der Waals surface area contributed by atoms with Crippen LogP contribution >= 0.6 is 11.6 Å². The fourth-order valence-electron chi connectivity index (χ4n) is 1.58. The third kappa shape index (κ3) is 2.19. The third-order valence-electron chi connectivity index (χ3n) is 2.60. The second-order valence-electron chi connectivity index (χ2n) is 3.93. The van der Waals surface area contributed by atoms with Crippen LogP contribution in [0, 0.1) is 0 Å².